The van der Waals surface area contributed by atoms with Gasteiger partial charge in [-0.2, -0.15) is 0 Å². The zero-order valence-electron chi connectivity index (χ0n) is 15.1. The molecule has 0 radical (unpaired) electrons. The molecule has 0 aromatic heterocycles. The SMILES string of the molecule is O=C(C1CN(CCc2ccccc2)c2ccccc2O1)N1CCCCC1. The molecule has 0 aliphatic carbocycles. The lowest BCUT2D eigenvalue weighted by Gasteiger charge is -2.38. The Bertz CT molecular complexity index is 741. The lowest BCUT2D eigenvalue weighted by molar-refractivity contribution is -0.139. The highest BCUT2D eigenvalue weighted by atomic mass is 16.5. The van der Waals surface area contributed by atoms with Crippen LogP contribution in [0.2, 0.25) is 0 Å². The highest BCUT2D eigenvalue weighted by Gasteiger charge is 2.33. The molecule has 0 N–H and O–H groups in total. The number of anilines is 1. The maximum Gasteiger partial charge on any atom is 0.265 e. The number of amides is 1. The number of ether oxygens (including phenoxy) is 1. The van der Waals surface area contributed by atoms with Crippen LogP contribution in [0, 0.1) is 0 Å². The van der Waals surface area contributed by atoms with Crippen molar-refractivity contribution in [2.75, 3.05) is 31.1 Å². The summed E-state index contributed by atoms with van der Waals surface area (Å²) in [5, 5.41) is 0. The molecule has 2 heterocycles. The number of hydrogen-bond donors (Lipinski definition) is 0. The van der Waals surface area contributed by atoms with E-state index < -0.39 is 6.10 Å². The number of piperidine rings is 1. The molecular formula is C22H26N2O2. The van der Waals surface area contributed by atoms with Crippen molar-refractivity contribution in [3.8, 4) is 5.75 Å². The van der Waals surface area contributed by atoms with Crippen molar-refractivity contribution in [3.63, 3.8) is 0 Å². The Labute approximate surface area is 155 Å². The molecule has 1 fully saturated rings. The molecule has 1 amide bonds. The third-order valence-electron chi connectivity index (χ3n) is 5.32. The van der Waals surface area contributed by atoms with Crippen molar-refractivity contribution in [2.45, 2.75) is 31.8 Å². The molecule has 0 bridgehead atoms. The number of carbonyl (C=O) groups excluding carboxylic acids is 1. The first-order valence-corrected chi connectivity index (χ1v) is 9.64. The van der Waals surface area contributed by atoms with E-state index in [4.69, 9.17) is 4.74 Å². The van der Waals surface area contributed by atoms with Gasteiger partial charge in [0.1, 0.15) is 5.75 Å². The second kappa shape index (κ2) is 7.81. The molecule has 4 rings (SSSR count). The summed E-state index contributed by atoms with van der Waals surface area (Å²) in [6.45, 7) is 3.24. The molecule has 1 saturated heterocycles. The van der Waals surface area contributed by atoms with Crippen LogP contribution in [0.1, 0.15) is 24.8 Å². The number of nitrogens with zero attached hydrogens (tertiary/aromatic N) is 2. The minimum absolute atomic E-state index is 0.143. The maximum atomic E-state index is 13.0. The number of para-hydroxylation sites is 2. The van der Waals surface area contributed by atoms with E-state index in [2.05, 4.69) is 35.2 Å². The van der Waals surface area contributed by atoms with Gasteiger partial charge in [-0.15, -0.1) is 0 Å². The standard InChI is InChI=1S/C22H26N2O2/c25-22(23-14-7-2-8-15-23)21-17-24(16-13-18-9-3-1-4-10-18)19-11-5-6-12-20(19)26-21/h1,3-6,9-12,21H,2,7-8,13-17H2. The monoisotopic (exact) mass is 350 g/mol. The molecule has 26 heavy (non-hydrogen) atoms. The predicted octanol–water partition coefficient (Wildman–Crippen LogP) is 3.51. The van der Waals surface area contributed by atoms with Gasteiger partial charge < -0.3 is 14.5 Å². The normalized spacial score (nSPS) is 19.6. The molecule has 2 aliphatic rings. The van der Waals surface area contributed by atoms with Crippen LogP contribution < -0.4 is 9.64 Å². The van der Waals surface area contributed by atoms with Gasteiger partial charge in [0.25, 0.3) is 5.91 Å². The number of rotatable bonds is 4. The van der Waals surface area contributed by atoms with Crippen molar-refractivity contribution in [1.29, 1.82) is 0 Å². The summed E-state index contributed by atoms with van der Waals surface area (Å²) >= 11 is 0. The molecule has 2 aromatic carbocycles. The smallest absolute Gasteiger partial charge is 0.265 e. The van der Waals surface area contributed by atoms with Crippen molar-refractivity contribution >= 4 is 11.6 Å². The third kappa shape index (κ3) is 3.69. The van der Waals surface area contributed by atoms with Gasteiger partial charge in [-0.25, -0.2) is 0 Å². The van der Waals surface area contributed by atoms with Crippen molar-refractivity contribution in [1.82, 2.24) is 4.90 Å². The van der Waals surface area contributed by atoms with Crippen molar-refractivity contribution < 1.29 is 9.53 Å². The molecule has 4 heteroatoms. The minimum atomic E-state index is -0.404. The molecule has 0 spiro atoms. The van der Waals surface area contributed by atoms with Crippen LogP contribution >= 0.6 is 0 Å². The summed E-state index contributed by atoms with van der Waals surface area (Å²) in [6, 6.07) is 18.6. The molecule has 2 aromatic rings. The van der Waals surface area contributed by atoms with E-state index in [9.17, 15) is 4.79 Å². The van der Waals surface area contributed by atoms with E-state index in [0.717, 1.165) is 50.3 Å². The van der Waals surface area contributed by atoms with Crippen LogP contribution in [0.3, 0.4) is 0 Å². The van der Waals surface area contributed by atoms with E-state index >= 15 is 0 Å². The Morgan fingerprint density at radius 1 is 0.962 bits per heavy atom. The Morgan fingerprint density at radius 2 is 1.69 bits per heavy atom. The quantitative estimate of drug-likeness (QED) is 0.846. The fourth-order valence-electron chi connectivity index (χ4n) is 3.87. The topological polar surface area (TPSA) is 32.8 Å². The van der Waals surface area contributed by atoms with Crippen LogP contribution in [-0.4, -0.2) is 43.1 Å². The number of hydrogen-bond acceptors (Lipinski definition) is 3. The first kappa shape index (κ1) is 17.0. The van der Waals surface area contributed by atoms with Crippen molar-refractivity contribution in [2.24, 2.45) is 0 Å². The van der Waals surface area contributed by atoms with Gasteiger partial charge >= 0.3 is 0 Å². The molecule has 1 atom stereocenters. The van der Waals surface area contributed by atoms with Crippen molar-refractivity contribution in [3.05, 3.63) is 60.2 Å². The van der Waals surface area contributed by atoms with Gasteiger partial charge in [-0.05, 0) is 43.4 Å². The average molecular weight is 350 g/mol. The summed E-state index contributed by atoms with van der Waals surface area (Å²) in [4.78, 5) is 17.2. The minimum Gasteiger partial charge on any atom is -0.477 e. The van der Waals surface area contributed by atoms with E-state index in [-0.39, 0.29) is 5.91 Å². The number of carbonyl (C=O) groups is 1. The Balaban J connectivity index is 1.50. The van der Waals surface area contributed by atoms with Gasteiger partial charge in [-0.1, -0.05) is 42.5 Å². The largest absolute Gasteiger partial charge is 0.477 e. The van der Waals surface area contributed by atoms with E-state index in [1.54, 1.807) is 0 Å². The number of likely N-dealkylation sites (tertiary alicyclic amines) is 1. The second-order valence-corrected chi connectivity index (χ2v) is 7.14. The highest BCUT2D eigenvalue weighted by Crippen LogP contribution is 2.33. The van der Waals surface area contributed by atoms with Crippen LogP contribution in [0.15, 0.2) is 54.6 Å². The van der Waals surface area contributed by atoms with Crippen LogP contribution in [0.4, 0.5) is 5.69 Å². The molecule has 136 valence electrons. The van der Waals surface area contributed by atoms with Gasteiger partial charge in [0.05, 0.1) is 12.2 Å². The van der Waals surface area contributed by atoms with Crippen LogP contribution in [-0.2, 0) is 11.2 Å². The first-order chi connectivity index (χ1) is 12.8. The van der Waals surface area contributed by atoms with E-state index in [1.807, 2.05) is 29.2 Å². The zero-order chi connectivity index (χ0) is 17.8. The predicted molar refractivity (Wildman–Crippen MR) is 104 cm³/mol. The summed E-state index contributed by atoms with van der Waals surface area (Å²) in [5.41, 5.74) is 2.40. The highest BCUT2D eigenvalue weighted by molar-refractivity contribution is 5.83. The Kier molecular flexibility index (Phi) is 5.09. The average Bonchev–Trinajstić information content (AvgIpc) is 2.72. The second-order valence-electron chi connectivity index (χ2n) is 7.14. The Hall–Kier alpha value is -2.49. The lowest BCUT2D eigenvalue weighted by atomic mass is 10.1. The zero-order valence-corrected chi connectivity index (χ0v) is 15.1. The fourth-order valence-corrected chi connectivity index (χ4v) is 3.87. The first-order valence-electron chi connectivity index (χ1n) is 9.64. The third-order valence-corrected chi connectivity index (χ3v) is 5.32. The summed E-state index contributed by atoms with van der Waals surface area (Å²) in [5.74, 6) is 0.964. The molecule has 1 unspecified atom stereocenters. The lowest BCUT2D eigenvalue weighted by Crippen LogP contribution is -2.51. The molecule has 4 nitrogen and oxygen atoms in total. The molecular weight excluding hydrogens is 324 g/mol. The van der Waals surface area contributed by atoms with Crippen LogP contribution in [0.25, 0.3) is 0 Å². The van der Waals surface area contributed by atoms with E-state index in [1.165, 1.54) is 12.0 Å². The van der Waals surface area contributed by atoms with Gasteiger partial charge in [-0.3, -0.25) is 4.79 Å². The Morgan fingerprint density at radius 3 is 2.50 bits per heavy atom. The molecule has 2 aliphatic heterocycles. The van der Waals surface area contributed by atoms with Gasteiger partial charge in [0.2, 0.25) is 0 Å². The van der Waals surface area contributed by atoms with Crippen LogP contribution in [0.5, 0.6) is 5.75 Å². The van der Waals surface area contributed by atoms with Gasteiger partial charge in [0.15, 0.2) is 6.10 Å². The fraction of sp³-hybridized carbons (Fsp3) is 0.409. The van der Waals surface area contributed by atoms with Gasteiger partial charge in [0, 0.05) is 19.6 Å². The van der Waals surface area contributed by atoms with E-state index in [0.29, 0.717) is 6.54 Å². The number of benzene rings is 2. The molecule has 0 saturated carbocycles. The maximum absolute atomic E-state index is 13.0. The number of fused-ring (bicyclic) bond motifs is 1. The summed E-state index contributed by atoms with van der Waals surface area (Å²) in [7, 11) is 0. The summed E-state index contributed by atoms with van der Waals surface area (Å²) < 4.78 is 6.10. The summed E-state index contributed by atoms with van der Waals surface area (Å²) in [6.07, 6.45) is 3.99.